The predicted octanol–water partition coefficient (Wildman–Crippen LogP) is 2.28. The van der Waals surface area contributed by atoms with Crippen molar-refractivity contribution in [3.8, 4) is 0 Å². The maximum Gasteiger partial charge on any atom is 0.265 e. The topological polar surface area (TPSA) is 92.4 Å². The summed E-state index contributed by atoms with van der Waals surface area (Å²) in [6.45, 7) is 6.77. The highest BCUT2D eigenvalue weighted by Gasteiger charge is 2.11. The lowest BCUT2D eigenvalue weighted by Crippen LogP contribution is -2.36. The normalized spacial score (nSPS) is 17.1. The van der Waals surface area contributed by atoms with Crippen LogP contribution in [0.25, 0.3) is 0 Å². The highest BCUT2D eigenvalue weighted by molar-refractivity contribution is 5.81. The average Bonchev–Trinajstić information content (AvgIpc) is 3.36. The number of ether oxygens (including phenoxy) is 2. The van der Waals surface area contributed by atoms with Gasteiger partial charge in [-0.25, -0.2) is 5.43 Å². The number of rotatable bonds is 7. The number of hydrazone groups is 1. The summed E-state index contributed by atoms with van der Waals surface area (Å²) in [5.41, 5.74) is 7.27. The Morgan fingerprint density at radius 3 is 1.82 bits per heavy atom. The maximum atomic E-state index is 5.42. The molecule has 3 aromatic rings. The van der Waals surface area contributed by atoms with E-state index in [1.54, 1.807) is 17.1 Å². The Hall–Kier alpha value is -3.76. The number of nitrogens with one attached hydrogen (secondary N) is 1. The van der Waals surface area contributed by atoms with Gasteiger partial charge >= 0.3 is 0 Å². The number of hydrogen-bond donors (Lipinski definition) is 1. The van der Waals surface area contributed by atoms with Crippen LogP contribution in [0.2, 0.25) is 0 Å². The van der Waals surface area contributed by atoms with Gasteiger partial charge in [-0.05, 0) is 35.4 Å². The quantitative estimate of drug-likeness (QED) is 0.427. The fourth-order valence-corrected chi connectivity index (χ4v) is 3.87. The highest BCUT2D eigenvalue weighted by Crippen LogP contribution is 2.17. The Morgan fingerprint density at radius 1 is 0.735 bits per heavy atom. The fraction of sp³-hybridized carbons (Fsp3) is 0.333. The first kappa shape index (κ1) is 22.1. The molecule has 2 saturated heterocycles. The minimum Gasteiger partial charge on any atom is -0.378 e. The third-order valence-corrected chi connectivity index (χ3v) is 5.78. The van der Waals surface area contributed by atoms with Gasteiger partial charge in [0.15, 0.2) is 0 Å². The van der Waals surface area contributed by atoms with Gasteiger partial charge in [0, 0.05) is 37.6 Å². The molecule has 2 aliphatic heterocycles. The fourth-order valence-electron chi connectivity index (χ4n) is 3.87. The zero-order valence-electron chi connectivity index (χ0n) is 19.0. The number of morpholine rings is 2. The SMILES string of the molecule is C(=N/n1cnnc1N/N=C/c1ccc(N2CCOCC2)cc1)/c1ccc(N2CCOCC2)cc1. The van der Waals surface area contributed by atoms with Crippen molar-refractivity contribution in [3.05, 3.63) is 66.0 Å². The molecule has 0 amide bonds. The van der Waals surface area contributed by atoms with E-state index in [4.69, 9.17) is 9.47 Å². The summed E-state index contributed by atoms with van der Waals surface area (Å²) < 4.78 is 12.4. The van der Waals surface area contributed by atoms with E-state index in [0.29, 0.717) is 5.95 Å². The van der Waals surface area contributed by atoms with Crippen LogP contribution < -0.4 is 15.2 Å². The van der Waals surface area contributed by atoms with Crippen LogP contribution in [0, 0.1) is 0 Å². The number of anilines is 3. The largest absolute Gasteiger partial charge is 0.378 e. The molecule has 0 spiro atoms. The molecular weight excluding hydrogens is 432 g/mol. The molecule has 3 heterocycles. The first-order chi connectivity index (χ1) is 16.8. The van der Waals surface area contributed by atoms with Crippen molar-refractivity contribution in [2.24, 2.45) is 10.2 Å². The van der Waals surface area contributed by atoms with E-state index in [0.717, 1.165) is 63.7 Å². The van der Waals surface area contributed by atoms with E-state index in [-0.39, 0.29) is 0 Å². The highest BCUT2D eigenvalue weighted by atomic mass is 16.5. The van der Waals surface area contributed by atoms with Crippen LogP contribution in [-0.2, 0) is 9.47 Å². The van der Waals surface area contributed by atoms with Gasteiger partial charge in [-0.15, -0.1) is 10.2 Å². The lowest BCUT2D eigenvalue weighted by molar-refractivity contribution is 0.122. The summed E-state index contributed by atoms with van der Waals surface area (Å²) in [4.78, 5) is 4.64. The Kier molecular flexibility index (Phi) is 7.07. The Labute approximate surface area is 198 Å². The predicted molar refractivity (Wildman–Crippen MR) is 133 cm³/mol. The Balaban J connectivity index is 1.16. The Bertz CT molecular complexity index is 1100. The van der Waals surface area contributed by atoms with Crippen molar-refractivity contribution >= 4 is 29.8 Å². The van der Waals surface area contributed by atoms with Crippen LogP contribution in [0.15, 0.2) is 65.1 Å². The smallest absolute Gasteiger partial charge is 0.265 e. The zero-order chi connectivity index (χ0) is 23.0. The summed E-state index contributed by atoms with van der Waals surface area (Å²) in [6, 6.07) is 16.6. The third kappa shape index (κ3) is 5.59. The molecule has 10 heteroatoms. The van der Waals surface area contributed by atoms with Gasteiger partial charge in [0.25, 0.3) is 5.95 Å². The van der Waals surface area contributed by atoms with Crippen LogP contribution in [0.1, 0.15) is 11.1 Å². The number of aromatic nitrogens is 3. The summed E-state index contributed by atoms with van der Waals surface area (Å²) in [7, 11) is 0. The molecule has 0 radical (unpaired) electrons. The van der Waals surface area contributed by atoms with Gasteiger partial charge in [-0.1, -0.05) is 24.3 Å². The first-order valence-corrected chi connectivity index (χ1v) is 11.4. The second-order valence-electron chi connectivity index (χ2n) is 8.00. The number of hydrogen-bond acceptors (Lipinski definition) is 9. The van der Waals surface area contributed by atoms with E-state index in [2.05, 4.69) is 59.9 Å². The minimum absolute atomic E-state index is 0.433. The van der Waals surface area contributed by atoms with Crippen molar-refractivity contribution in [2.75, 3.05) is 67.8 Å². The molecule has 0 bridgehead atoms. The third-order valence-electron chi connectivity index (χ3n) is 5.78. The summed E-state index contributed by atoms with van der Waals surface area (Å²) >= 11 is 0. The van der Waals surface area contributed by atoms with Gasteiger partial charge in [0.2, 0.25) is 0 Å². The lowest BCUT2D eigenvalue weighted by atomic mass is 10.2. The molecule has 2 aromatic carbocycles. The molecule has 0 saturated carbocycles. The molecule has 34 heavy (non-hydrogen) atoms. The molecule has 0 unspecified atom stereocenters. The lowest BCUT2D eigenvalue weighted by Gasteiger charge is -2.28. The van der Waals surface area contributed by atoms with Crippen molar-refractivity contribution in [2.45, 2.75) is 0 Å². The molecule has 10 nitrogen and oxygen atoms in total. The molecule has 0 atom stereocenters. The van der Waals surface area contributed by atoms with E-state index in [1.165, 1.54) is 17.7 Å². The van der Waals surface area contributed by atoms with Crippen LogP contribution in [0.5, 0.6) is 0 Å². The van der Waals surface area contributed by atoms with Crippen molar-refractivity contribution < 1.29 is 9.47 Å². The maximum absolute atomic E-state index is 5.42. The van der Waals surface area contributed by atoms with E-state index in [1.807, 2.05) is 24.3 Å². The number of benzene rings is 2. The molecule has 5 rings (SSSR count). The van der Waals surface area contributed by atoms with Crippen LogP contribution in [0.3, 0.4) is 0 Å². The average molecular weight is 461 g/mol. The van der Waals surface area contributed by atoms with E-state index < -0.39 is 0 Å². The summed E-state index contributed by atoms with van der Waals surface area (Å²) in [5.74, 6) is 0.433. The molecule has 2 aliphatic rings. The van der Waals surface area contributed by atoms with Gasteiger partial charge in [-0.3, -0.25) is 0 Å². The van der Waals surface area contributed by atoms with Crippen LogP contribution >= 0.6 is 0 Å². The molecular formula is C24H28N8O2. The van der Waals surface area contributed by atoms with Crippen molar-refractivity contribution in [3.63, 3.8) is 0 Å². The van der Waals surface area contributed by atoms with Crippen molar-refractivity contribution in [1.82, 2.24) is 14.9 Å². The van der Waals surface area contributed by atoms with Crippen LogP contribution in [-0.4, -0.2) is 79.9 Å². The second-order valence-corrected chi connectivity index (χ2v) is 8.00. The summed E-state index contributed by atoms with van der Waals surface area (Å²) in [6.07, 6.45) is 5.05. The Morgan fingerprint density at radius 2 is 1.26 bits per heavy atom. The van der Waals surface area contributed by atoms with E-state index >= 15 is 0 Å². The minimum atomic E-state index is 0.433. The van der Waals surface area contributed by atoms with Gasteiger partial charge in [-0.2, -0.15) is 14.9 Å². The summed E-state index contributed by atoms with van der Waals surface area (Å²) in [5, 5.41) is 16.7. The molecule has 2 fully saturated rings. The monoisotopic (exact) mass is 460 g/mol. The number of nitrogens with zero attached hydrogens (tertiary/aromatic N) is 7. The molecule has 176 valence electrons. The first-order valence-electron chi connectivity index (χ1n) is 11.4. The molecule has 1 N–H and O–H groups in total. The van der Waals surface area contributed by atoms with Crippen LogP contribution in [0.4, 0.5) is 17.3 Å². The molecule has 1 aromatic heterocycles. The zero-order valence-corrected chi connectivity index (χ0v) is 19.0. The van der Waals surface area contributed by atoms with Gasteiger partial charge in [0.05, 0.1) is 38.9 Å². The van der Waals surface area contributed by atoms with Crippen molar-refractivity contribution in [1.29, 1.82) is 0 Å². The van der Waals surface area contributed by atoms with Gasteiger partial charge in [0.1, 0.15) is 6.33 Å². The van der Waals surface area contributed by atoms with E-state index in [9.17, 15) is 0 Å². The van der Waals surface area contributed by atoms with Gasteiger partial charge < -0.3 is 19.3 Å². The second kappa shape index (κ2) is 10.9. The standard InChI is InChI=1S/C24H28N8O2/c1-5-22(30-9-13-33-14-10-30)6-2-20(1)17-25-28-24-29-26-19-32(24)27-18-21-3-7-23(8-4-21)31-11-15-34-16-12-31/h1-8,17-19H,9-16H2,(H,28,29)/b25-17+,27-18-. The molecule has 0 aliphatic carbocycles.